The number of hydrogen-bond donors (Lipinski definition) is 3. The summed E-state index contributed by atoms with van der Waals surface area (Å²) in [6, 6.07) is 2.07. The van der Waals surface area contributed by atoms with Crippen molar-refractivity contribution in [2.24, 2.45) is 23.7 Å². The van der Waals surface area contributed by atoms with Crippen LogP contribution < -0.4 is 16.0 Å². The summed E-state index contributed by atoms with van der Waals surface area (Å²) < 4.78 is 11.7. The van der Waals surface area contributed by atoms with Crippen LogP contribution in [-0.2, 0) is 9.47 Å². The van der Waals surface area contributed by atoms with E-state index in [0.29, 0.717) is 68.0 Å². The number of nitrogen functional groups attached to an aromatic ring is 1. The molecule has 13 nitrogen and oxygen atoms in total. The van der Waals surface area contributed by atoms with Gasteiger partial charge in [0.25, 0.3) is 0 Å². The number of nitrogens with two attached hydrogens (primary N) is 1. The summed E-state index contributed by atoms with van der Waals surface area (Å²) in [5, 5.41) is 12.7. The first kappa shape index (κ1) is 39.2. The van der Waals surface area contributed by atoms with Crippen LogP contribution in [0.25, 0.3) is 0 Å². The minimum absolute atomic E-state index is 0.176. The summed E-state index contributed by atoms with van der Waals surface area (Å²) in [6.45, 7) is 18.4. The van der Waals surface area contributed by atoms with E-state index in [1.54, 1.807) is 0 Å². The number of ether oxygens (including phenoxy) is 2. The smallest absolute Gasteiger partial charge is 0.410 e. The molecule has 3 atom stereocenters. The third-order valence-corrected chi connectivity index (χ3v) is 11.0. The van der Waals surface area contributed by atoms with Gasteiger partial charge in [0, 0.05) is 71.0 Å². The lowest BCUT2D eigenvalue weighted by atomic mass is 9.81. The fraction of sp³-hybridized carbons (Fsp3) is 0.842. The number of rotatable bonds is 13. The number of carbonyl (C=O) groups excluding carboxylic acids is 2. The van der Waals surface area contributed by atoms with Crippen molar-refractivity contribution in [3.8, 4) is 0 Å². The van der Waals surface area contributed by atoms with Gasteiger partial charge in [0.15, 0.2) is 0 Å². The second kappa shape index (κ2) is 17.2. The van der Waals surface area contributed by atoms with E-state index in [1.165, 1.54) is 19.3 Å². The van der Waals surface area contributed by atoms with Crippen LogP contribution in [0.15, 0.2) is 6.07 Å². The zero-order valence-corrected chi connectivity index (χ0v) is 32.2. The second-order valence-electron chi connectivity index (χ2n) is 17.5. The molecule has 2 heterocycles. The molecule has 2 amide bonds. The molecule has 4 fully saturated rings. The number of fused-ring (bicyclic) bond motifs is 2. The summed E-state index contributed by atoms with van der Waals surface area (Å²) in [7, 11) is 0. The number of nitrogens with one attached hydrogen (secondary N) is 1. The Kier molecular flexibility index (Phi) is 13.2. The Bertz CT molecular complexity index is 1290. The Balaban J connectivity index is 1.12. The Morgan fingerprint density at radius 2 is 1.57 bits per heavy atom. The normalized spacial score (nSPS) is 25.5. The molecule has 3 aliphatic carbocycles. The van der Waals surface area contributed by atoms with Gasteiger partial charge in [-0.2, -0.15) is 9.97 Å². The second-order valence-corrected chi connectivity index (χ2v) is 17.5. The number of nitrogens with zero attached hydrogens (tertiary/aromatic N) is 6. The number of piperazine rings is 1. The monoisotopic (exact) mass is 715 g/mol. The molecule has 0 aromatic carbocycles. The van der Waals surface area contributed by atoms with Crippen molar-refractivity contribution < 1.29 is 24.2 Å². The molecule has 288 valence electrons. The molecule has 0 unspecified atom stereocenters. The molecule has 0 radical (unpaired) electrons. The number of amides is 2. The molecule has 1 aromatic rings. The standard InChI is InChI=1S/C38H66N8O5/c1-37(2,3)50-35(48)45(14-7-15-46(36(49)51-38(4,5)6)31-23-29-12-13-30(31)22-29)26-28-10-8-27(9-11-28)25-40-34-41-32(39)24-33(42-34)44-18-16-43(17-19-44)20-21-47/h24,27-31,47H,7-23,25-26H2,1-6H3,(H3,39,40,41,42)/t27?,28?,29-,30+,31+/m1/s1. The highest BCUT2D eigenvalue weighted by atomic mass is 16.6. The van der Waals surface area contributed by atoms with Gasteiger partial charge < -0.3 is 40.3 Å². The van der Waals surface area contributed by atoms with Crippen LogP contribution in [0.4, 0.5) is 27.2 Å². The van der Waals surface area contributed by atoms with E-state index < -0.39 is 11.2 Å². The van der Waals surface area contributed by atoms with E-state index in [9.17, 15) is 14.7 Å². The van der Waals surface area contributed by atoms with Crippen LogP contribution in [0.1, 0.15) is 99.3 Å². The fourth-order valence-corrected chi connectivity index (χ4v) is 8.52. The third kappa shape index (κ3) is 11.7. The maximum atomic E-state index is 13.5. The molecule has 4 N–H and O–H groups in total. The van der Waals surface area contributed by atoms with E-state index in [1.807, 2.05) is 57.4 Å². The quantitative estimate of drug-likeness (QED) is 0.240. The van der Waals surface area contributed by atoms with Gasteiger partial charge in [-0.3, -0.25) is 4.90 Å². The zero-order chi connectivity index (χ0) is 36.8. The predicted molar refractivity (Wildman–Crippen MR) is 201 cm³/mol. The first-order chi connectivity index (χ1) is 24.2. The predicted octanol–water partition coefficient (Wildman–Crippen LogP) is 5.44. The van der Waals surface area contributed by atoms with Gasteiger partial charge in [-0.1, -0.05) is 6.42 Å². The molecule has 2 bridgehead atoms. The Morgan fingerprint density at radius 3 is 2.18 bits per heavy atom. The average molecular weight is 715 g/mol. The number of anilines is 3. The number of hydrogen-bond acceptors (Lipinski definition) is 11. The summed E-state index contributed by atoms with van der Waals surface area (Å²) in [6.07, 6.45) is 9.08. The molecule has 3 saturated carbocycles. The molecule has 0 spiro atoms. The lowest BCUT2D eigenvalue weighted by Crippen LogP contribution is -2.47. The van der Waals surface area contributed by atoms with Crippen LogP contribution in [0.3, 0.4) is 0 Å². The van der Waals surface area contributed by atoms with Gasteiger partial charge in [0.2, 0.25) is 5.95 Å². The Morgan fingerprint density at radius 1 is 0.902 bits per heavy atom. The van der Waals surface area contributed by atoms with Crippen LogP contribution in [0.2, 0.25) is 0 Å². The summed E-state index contributed by atoms with van der Waals surface area (Å²) in [5.74, 6) is 4.00. The SMILES string of the molecule is CC(C)(C)OC(=O)N(CCCN(C(=O)OC(C)(C)C)[C@H]1C[C@@H]2CC[C@H]1C2)CC1CCC(CNc2nc(N)cc(N3CCN(CCO)CC3)n2)CC1. The molecule has 1 aliphatic heterocycles. The van der Waals surface area contributed by atoms with Gasteiger partial charge >= 0.3 is 12.2 Å². The topological polar surface area (TPSA) is 150 Å². The Labute approximate surface area is 306 Å². The van der Waals surface area contributed by atoms with Gasteiger partial charge in [-0.25, -0.2) is 9.59 Å². The van der Waals surface area contributed by atoms with Crippen molar-refractivity contribution in [2.45, 2.75) is 117 Å². The van der Waals surface area contributed by atoms with E-state index in [2.05, 4.69) is 20.1 Å². The van der Waals surface area contributed by atoms with Crippen LogP contribution in [0.5, 0.6) is 0 Å². The molecular formula is C38H66N8O5. The summed E-state index contributed by atoms with van der Waals surface area (Å²) in [5.41, 5.74) is 5.05. The van der Waals surface area contributed by atoms with Crippen molar-refractivity contribution in [2.75, 3.05) is 81.5 Å². The third-order valence-electron chi connectivity index (χ3n) is 11.0. The van der Waals surface area contributed by atoms with E-state index in [-0.39, 0.29) is 24.8 Å². The van der Waals surface area contributed by atoms with E-state index in [4.69, 9.17) is 20.2 Å². The van der Waals surface area contributed by atoms with E-state index in [0.717, 1.165) is 70.6 Å². The first-order valence-electron chi connectivity index (χ1n) is 19.6. The number of aliphatic hydroxyl groups is 1. The van der Waals surface area contributed by atoms with Crippen molar-refractivity contribution in [3.05, 3.63) is 6.07 Å². The molecule has 51 heavy (non-hydrogen) atoms. The van der Waals surface area contributed by atoms with Crippen LogP contribution in [-0.4, -0.2) is 125 Å². The lowest BCUT2D eigenvalue weighted by Gasteiger charge is -2.37. The number of aromatic nitrogens is 2. The van der Waals surface area contributed by atoms with Gasteiger partial charge in [-0.05, 0) is 117 Å². The van der Waals surface area contributed by atoms with E-state index >= 15 is 0 Å². The molecule has 4 aliphatic rings. The van der Waals surface area contributed by atoms with Crippen molar-refractivity contribution in [1.29, 1.82) is 0 Å². The summed E-state index contributed by atoms with van der Waals surface area (Å²) >= 11 is 0. The largest absolute Gasteiger partial charge is 0.444 e. The summed E-state index contributed by atoms with van der Waals surface area (Å²) in [4.78, 5) is 44.5. The van der Waals surface area contributed by atoms with Crippen molar-refractivity contribution in [1.82, 2.24) is 24.7 Å². The number of aliphatic hydroxyl groups excluding tert-OH is 1. The number of carbonyl (C=O) groups is 2. The fourth-order valence-electron chi connectivity index (χ4n) is 8.52. The van der Waals surface area contributed by atoms with Gasteiger partial charge in [0.1, 0.15) is 22.8 Å². The molecule has 5 rings (SSSR count). The highest BCUT2D eigenvalue weighted by Gasteiger charge is 2.44. The van der Waals surface area contributed by atoms with Gasteiger partial charge in [0.05, 0.1) is 6.61 Å². The minimum atomic E-state index is -0.582. The minimum Gasteiger partial charge on any atom is -0.444 e. The highest BCUT2D eigenvalue weighted by molar-refractivity contribution is 5.69. The highest BCUT2D eigenvalue weighted by Crippen LogP contribution is 2.47. The van der Waals surface area contributed by atoms with Crippen LogP contribution in [0, 0.1) is 23.7 Å². The van der Waals surface area contributed by atoms with Crippen molar-refractivity contribution >= 4 is 29.8 Å². The van der Waals surface area contributed by atoms with Crippen LogP contribution >= 0.6 is 0 Å². The molecule has 13 heteroatoms. The zero-order valence-electron chi connectivity index (χ0n) is 32.2. The first-order valence-corrected chi connectivity index (χ1v) is 19.6. The average Bonchev–Trinajstić information content (AvgIpc) is 3.69. The molecular weight excluding hydrogens is 648 g/mol. The number of β-amino-alcohol motifs (C(OH)–C–C–N with tert-alkyl or cyclic N) is 1. The van der Waals surface area contributed by atoms with Crippen molar-refractivity contribution in [3.63, 3.8) is 0 Å². The lowest BCUT2D eigenvalue weighted by molar-refractivity contribution is 0.00711. The maximum Gasteiger partial charge on any atom is 0.410 e. The molecule has 1 saturated heterocycles. The molecule has 1 aromatic heterocycles. The Hall–Kier alpha value is -3.06. The maximum absolute atomic E-state index is 13.5. The van der Waals surface area contributed by atoms with Gasteiger partial charge in [-0.15, -0.1) is 0 Å².